The number of hydrogen-bond acceptors (Lipinski definition) is 4. The molecule has 3 aromatic rings. The molecule has 0 saturated carbocycles. The molecule has 4 unspecified atom stereocenters. The maximum absolute atomic E-state index is 13.0. The van der Waals surface area contributed by atoms with E-state index in [1.54, 1.807) is 0 Å². The Bertz CT molecular complexity index is 1420. The summed E-state index contributed by atoms with van der Waals surface area (Å²) in [6.07, 6.45) is 4.60. The Kier molecular flexibility index (Phi) is 4.07. The molecular formula is C29H23NO4. The second-order valence-corrected chi connectivity index (χ2v) is 9.89. The molecule has 2 fully saturated rings. The lowest BCUT2D eigenvalue weighted by Gasteiger charge is -2.18. The third-order valence-electron chi connectivity index (χ3n) is 7.86. The molecule has 1 aliphatic carbocycles. The quantitative estimate of drug-likeness (QED) is 0.440. The van der Waals surface area contributed by atoms with Crippen LogP contribution >= 0.6 is 0 Å². The van der Waals surface area contributed by atoms with Crippen molar-refractivity contribution in [3.63, 3.8) is 0 Å². The van der Waals surface area contributed by atoms with Crippen molar-refractivity contribution in [3.8, 4) is 11.1 Å². The van der Waals surface area contributed by atoms with Gasteiger partial charge in [0.25, 0.3) is 0 Å². The molecule has 3 heterocycles. The van der Waals surface area contributed by atoms with Gasteiger partial charge in [0.1, 0.15) is 0 Å². The van der Waals surface area contributed by atoms with Gasteiger partial charge in [0.05, 0.1) is 30.6 Å². The zero-order valence-electron chi connectivity index (χ0n) is 18.8. The first-order valence-corrected chi connectivity index (χ1v) is 11.9. The highest BCUT2D eigenvalue weighted by Gasteiger charge is 2.60. The van der Waals surface area contributed by atoms with Gasteiger partial charge in [0.2, 0.25) is 11.8 Å². The van der Waals surface area contributed by atoms with Crippen LogP contribution in [-0.2, 0) is 27.3 Å². The van der Waals surface area contributed by atoms with E-state index in [0.717, 1.165) is 50.6 Å². The molecule has 3 aliphatic heterocycles. The summed E-state index contributed by atoms with van der Waals surface area (Å²) in [6, 6.07) is 16.5. The molecule has 0 spiro atoms. The standard InChI is InChI=1S/C29H23NO4/c1-15-2-5-18-13-19-8-9-21(31)25(19)24(20(18)12-15)17-6-3-16(4-7-17)14-30-28(32)26-22-10-11-23(34-22)27(26)29(30)33/h2-7,10-13,22-23,26-27H,8-9,14H2,1H3. The number of hydrogen-bond donors (Lipinski definition) is 0. The lowest BCUT2D eigenvalue weighted by atomic mass is 9.85. The summed E-state index contributed by atoms with van der Waals surface area (Å²) in [5.41, 5.74) is 5.98. The van der Waals surface area contributed by atoms with Gasteiger partial charge in [-0.2, -0.15) is 0 Å². The summed E-state index contributed by atoms with van der Waals surface area (Å²) < 4.78 is 5.73. The molecule has 0 aromatic heterocycles. The number of nitrogens with zero attached hydrogens (tertiary/aromatic N) is 1. The lowest BCUT2D eigenvalue weighted by Crippen LogP contribution is -2.33. The number of likely N-dealkylation sites (tertiary alicyclic amines) is 1. The molecule has 168 valence electrons. The van der Waals surface area contributed by atoms with Gasteiger partial charge in [-0.05, 0) is 40.8 Å². The Morgan fingerprint density at radius 1 is 0.853 bits per heavy atom. The van der Waals surface area contributed by atoms with Crippen molar-refractivity contribution in [1.82, 2.24) is 4.90 Å². The fourth-order valence-electron chi connectivity index (χ4n) is 6.24. The molecule has 0 N–H and O–H groups in total. The number of Topliss-reactive ketones (excluding diaryl/α,β-unsaturated/α-hetero) is 1. The maximum Gasteiger partial charge on any atom is 0.236 e. The van der Waals surface area contributed by atoms with Crippen molar-refractivity contribution in [2.24, 2.45) is 11.8 Å². The van der Waals surface area contributed by atoms with Crippen LogP contribution < -0.4 is 0 Å². The summed E-state index contributed by atoms with van der Waals surface area (Å²) >= 11 is 0. The molecule has 4 atom stereocenters. The molecule has 2 amide bonds. The molecule has 5 heteroatoms. The Balaban J connectivity index is 1.24. The first-order valence-electron chi connectivity index (χ1n) is 11.9. The van der Waals surface area contributed by atoms with Crippen molar-refractivity contribution in [3.05, 3.63) is 82.9 Å². The number of amides is 2. The largest absolute Gasteiger partial charge is 0.365 e. The number of benzene rings is 3. The van der Waals surface area contributed by atoms with E-state index < -0.39 is 0 Å². The highest BCUT2D eigenvalue weighted by Crippen LogP contribution is 2.45. The number of ketones is 1. The molecule has 3 aromatic carbocycles. The molecule has 2 saturated heterocycles. The van der Waals surface area contributed by atoms with Crippen molar-refractivity contribution in [2.75, 3.05) is 0 Å². The lowest BCUT2D eigenvalue weighted by molar-refractivity contribution is -0.143. The number of ether oxygens (including phenoxy) is 1. The Labute approximate surface area is 197 Å². The summed E-state index contributed by atoms with van der Waals surface area (Å²) in [4.78, 5) is 40.2. The zero-order valence-corrected chi connectivity index (χ0v) is 18.8. The third kappa shape index (κ3) is 2.67. The highest BCUT2D eigenvalue weighted by atomic mass is 16.5. The van der Waals surface area contributed by atoms with Crippen LogP contribution in [0.1, 0.15) is 33.5 Å². The van der Waals surface area contributed by atoms with Gasteiger partial charge in [0, 0.05) is 17.5 Å². The number of carbonyl (C=O) groups excluding carboxylic acids is 3. The van der Waals surface area contributed by atoms with Crippen LogP contribution in [0.3, 0.4) is 0 Å². The maximum atomic E-state index is 13.0. The first-order chi connectivity index (χ1) is 16.5. The second kappa shape index (κ2) is 6.97. The summed E-state index contributed by atoms with van der Waals surface area (Å²) in [5, 5.41) is 2.23. The Morgan fingerprint density at radius 2 is 1.56 bits per heavy atom. The van der Waals surface area contributed by atoms with E-state index in [0.29, 0.717) is 6.42 Å². The predicted molar refractivity (Wildman–Crippen MR) is 127 cm³/mol. The molecule has 7 rings (SSSR count). The van der Waals surface area contributed by atoms with E-state index in [9.17, 15) is 14.4 Å². The van der Waals surface area contributed by atoms with Crippen molar-refractivity contribution in [2.45, 2.75) is 38.5 Å². The minimum atomic E-state index is -0.380. The minimum absolute atomic E-state index is 0.135. The van der Waals surface area contributed by atoms with Crippen LogP contribution in [0, 0.1) is 18.8 Å². The minimum Gasteiger partial charge on any atom is -0.365 e. The zero-order chi connectivity index (χ0) is 23.1. The molecule has 2 bridgehead atoms. The van der Waals surface area contributed by atoms with Crippen LogP contribution in [0.4, 0.5) is 0 Å². The van der Waals surface area contributed by atoms with E-state index in [1.807, 2.05) is 36.4 Å². The number of aryl methyl sites for hydroxylation is 2. The highest BCUT2D eigenvalue weighted by molar-refractivity contribution is 6.14. The van der Waals surface area contributed by atoms with Gasteiger partial charge < -0.3 is 4.74 Å². The van der Waals surface area contributed by atoms with Gasteiger partial charge >= 0.3 is 0 Å². The fraction of sp³-hybridized carbons (Fsp3) is 0.276. The molecule has 34 heavy (non-hydrogen) atoms. The second-order valence-electron chi connectivity index (χ2n) is 9.89. The molecule has 5 nitrogen and oxygen atoms in total. The van der Waals surface area contributed by atoms with Crippen LogP contribution in [0.2, 0.25) is 0 Å². The van der Waals surface area contributed by atoms with Gasteiger partial charge in [-0.25, -0.2) is 0 Å². The third-order valence-corrected chi connectivity index (χ3v) is 7.86. The number of carbonyl (C=O) groups is 3. The van der Waals surface area contributed by atoms with Crippen molar-refractivity contribution < 1.29 is 19.1 Å². The SMILES string of the molecule is Cc1ccc2cc3c(c(-c4ccc(CN5C(=O)C6C7C=CC(O7)C6C5=O)cc4)c2c1)C(=O)CC3. The fourth-order valence-corrected chi connectivity index (χ4v) is 6.24. The number of fused-ring (bicyclic) bond motifs is 7. The van der Waals surface area contributed by atoms with Crippen LogP contribution in [0.15, 0.2) is 60.7 Å². The topological polar surface area (TPSA) is 63.7 Å². The summed E-state index contributed by atoms with van der Waals surface area (Å²) in [5.74, 6) is -0.834. The molecule has 0 radical (unpaired) electrons. The predicted octanol–water partition coefficient (Wildman–Crippen LogP) is 4.38. The normalized spacial score (nSPS) is 26.7. The average Bonchev–Trinajstić information content (AvgIpc) is 3.60. The molecular weight excluding hydrogens is 426 g/mol. The average molecular weight is 450 g/mol. The summed E-state index contributed by atoms with van der Waals surface area (Å²) in [6.45, 7) is 2.32. The molecule has 4 aliphatic rings. The van der Waals surface area contributed by atoms with Crippen LogP contribution in [-0.4, -0.2) is 34.7 Å². The van der Waals surface area contributed by atoms with Crippen molar-refractivity contribution in [1.29, 1.82) is 0 Å². The van der Waals surface area contributed by atoms with Crippen molar-refractivity contribution >= 4 is 28.4 Å². The van der Waals surface area contributed by atoms with Crippen LogP contribution in [0.25, 0.3) is 21.9 Å². The number of rotatable bonds is 3. The van der Waals surface area contributed by atoms with Gasteiger partial charge in [-0.1, -0.05) is 66.2 Å². The van der Waals surface area contributed by atoms with Gasteiger partial charge in [0.15, 0.2) is 5.78 Å². The Hall–Kier alpha value is -3.57. The summed E-state index contributed by atoms with van der Waals surface area (Å²) in [7, 11) is 0. The first kappa shape index (κ1) is 19.9. The van der Waals surface area contributed by atoms with E-state index in [2.05, 4.69) is 31.2 Å². The smallest absolute Gasteiger partial charge is 0.236 e. The van der Waals surface area contributed by atoms with Gasteiger partial charge in [-0.15, -0.1) is 0 Å². The number of imide groups is 1. The monoisotopic (exact) mass is 449 g/mol. The van der Waals surface area contributed by atoms with E-state index in [-0.39, 0.29) is 48.2 Å². The van der Waals surface area contributed by atoms with E-state index >= 15 is 0 Å². The van der Waals surface area contributed by atoms with E-state index in [4.69, 9.17) is 4.74 Å². The Morgan fingerprint density at radius 3 is 2.26 bits per heavy atom. The van der Waals surface area contributed by atoms with E-state index in [1.165, 1.54) is 4.90 Å². The van der Waals surface area contributed by atoms with Gasteiger partial charge in [-0.3, -0.25) is 19.3 Å². The van der Waals surface area contributed by atoms with Crippen LogP contribution in [0.5, 0.6) is 0 Å².